The first-order valence-electron chi connectivity index (χ1n) is 17.2. The van der Waals surface area contributed by atoms with Crippen molar-refractivity contribution in [1.82, 2.24) is 19.9 Å². The van der Waals surface area contributed by atoms with E-state index in [1.807, 2.05) is 121 Å². The number of fused-ring (bicyclic) bond motifs is 2. The average Bonchev–Trinajstić information content (AvgIpc) is 3.23. The van der Waals surface area contributed by atoms with Gasteiger partial charge in [0.1, 0.15) is 0 Å². The first-order valence-corrected chi connectivity index (χ1v) is 17.2. The smallest absolute Gasteiger partial charge is 0.338 e. The lowest BCUT2D eigenvalue weighted by Crippen LogP contribution is -2.04. The molecule has 0 N–H and O–H groups in total. The van der Waals surface area contributed by atoms with Crippen molar-refractivity contribution in [3.8, 4) is 56.2 Å². The molecule has 0 aliphatic rings. The van der Waals surface area contributed by atoms with Crippen molar-refractivity contribution in [2.45, 2.75) is 6.92 Å². The van der Waals surface area contributed by atoms with Crippen LogP contribution in [-0.2, 0) is 9.47 Å². The summed E-state index contributed by atoms with van der Waals surface area (Å²) in [6.45, 7) is 2.10. The van der Waals surface area contributed by atoms with Crippen molar-refractivity contribution >= 4 is 34.0 Å². The van der Waals surface area contributed by atoms with Gasteiger partial charge in [0, 0.05) is 22.3 Å². The topological polar surface area (TPSA) is 104 Å². The number of carbonyl (C=O) groups excluding carboxylic acids is 2. The highest BCUT2D eigenvalue weighted by Crippen LogP contribution is 2.35. The SMILES string of the molecule is CCOC(=O)c1ccc(-c2nc3cc(-c4ccc5nc(-c6ccc(C(=O)OC)cc6)c(-c6ccccc6)nc5c4)ccc3nc2-c2ccccc2)cc1. The normalized spacial score (nSPS) is 11.1. The van der Waals surface area contributed by atoms with Crippen LogP contribution in [0.1, 0.15) is 27.6 Å². The summed E-state index contributed by atoms with van der Waals surface area (Å²) in [5, 5.41) is 0. The number of nitrogens with zero attached hydrogens (tertiary/aromatic N) is 4. The molecular formula is C45H32N4O4. The number of methoxy groups -OCH3 is 1. The summed E-state index contributed by atoms with van der Waals surface area (Å²) in [5.41, 5.74) is 12.3. The molecule has 0 bridgehead atoms. The summed E-state index contributed by atoms with van der Waals surface area (Å²) in [7, 11) is 1.37. The van der Waals surface area contributed by atoms with Crippen molar-refractivity contribution in [3.63, 3.8) is 0 Å². The Labute approximate surface area is 305 Å². The molecule has 0 fully saturated rings. The van der Waals surface area contributed by atoms with E-state index in [1.165, 1.54) is 7.11 Å². The van der Waals surface area contributed by atoms with Gasteiger partial charge in [0.15, 0.2) is 0 Å². The minimum atomic E-state index is -0.394. The summed E-state index contributed by atoms with van der Waals surface area (Å²) in [6.07, 6.45) is 0. The molecule has 0 spiro atoms. The van der Waals surface area contributed by atoms with Crippen LogP contribution in [0.2, 0.25) is 0 Å². The van der Waals surface area contributed by atoms with Crippen LogP contribution in [-0.4, -0.2) is 45.6 Å². The zero-order chi connectivity index (χ0) is 36.3. The van der Waals surface area contributed by atoms with E-state index in [2.05, 4.69) is 0 Å². The van der Waals surface area contributed by atoms with E-state index in [-0.39, 0.29) is 5.97 Å². The van der Waals surface area contributed by atoms with Gasteiger partial charge in [-0.25, -0.2) is 29.5 Å². The third-order valence-corrected chi connectivity index (χ3v) is 9.01. The van der Waals surface area contributed by atoms with E-state index in [9.17, 15) is 9.59 Å². The largest absolute Gasteiger partial charge is 0.465 e. The average molecular weight is 693 g/mol. The molecule has 0 unspecified atom stereocenters. The fraction of sp³-hybridized carbons (Fsp3) is 0.0667. The molecule has 0 amide bonds. The molecule has 0 aliphatic heterocycles. The van der Waals surface area contributed by atoms with Crippen molar-refractivity contribution in [1.29, 1.82) is 0 Å². The van der Waals surface area contributed by atoms with E-state index < -0.39 is 5.97 Å². The molecule has 256 valence electrons. The Hall–Kier alpha value is -7.06. The van der Waals surface area contributed by atoms with Crippen LogP contribution in [0, 0.1) is 0 Å². The van der Waals surface area contributed by atoms with E-state index >= 15 is 0 Å². The monoisotopic (exact) mass is 692 g/mol. The van der Waals surface area contributed by atoms with Crippen LogP contribution in [0.25, 0.3) is 78.2 Å². The van der Waals surface area contributed by atoms with E-state index in [1.54, 1.807) is 31.2 Å². The molecule has 2 aromatic heterocycles. The number of hydrogen-bond donors (Lipinski definition) is 0. The standard InChI is InChI=1S/C45H32N4O4/c1-3-53-45(51)33-20-16-31(17-21-33)43-40(28-10-6-4-7-11-28)46-36-24-22-35(27-39(36)49-43)34-23-25-37-38(26-34)48-41(29-12-8-5-9-13-29)42(47-37)30-14-18-32(19-15-30)44(50)52-2/h4-27H,3H2,1-2H3. The molecule has 8 rings (SSSR count). The number of esters is 2. The summed E-state index contributed by atoms with van der Waals surface area (Å²) in [4.78, 5) is 44.9. The lowest BCUT2D eigenvalue weighted by atomic mass is 10.00. The van der Waals surface area contributed by atoms with Gasteiger partial charge >= 0.3 is 11.9 Å². The Kier molecular flexibility index (Phi) is 8.92. The third kappa shape index (κ3) is 6.61. The quantitative estimate of drug-likeness (QED) is 0.145. The lowest BCUT2D eigenvalue weighted by Gasteiger charge is -2.13. The second-order valence-corrected chi connectivity index (χ2v) is 12.3. The van der Waals surface area contributed by atoms with Crippen LogP contribution in [0.5, 0.6) is 0 Å². The first-order chi connectivity index (χ1) is 26.0. The Bertz CT molecular complexity index is 2630. The van der Waals surface area contributed by atoms with Gasteiger partial charge in [-0.1, -0.05) is 97.1 Å². The first kappa shape index (κ1) is 33.1. The Morgan fingerprint density at radius 1 is 0.434 bits per heavy atom. The highest BCUT2D eigenvalue weighted by Gasteiger charge is 2.17. The molecule has 6 aromatic carbocycles. The highest BCUT2D eigenvalue weighted by molar-refractivity contribution is 5.94. The zero-order valence-corrected chi connectivity index (χ0v) is 29.0. The third-order valence-electron chi connectivity index (χ3n) is 9.01. The molecule has 0 saturated carbocycles. The fourth-order valence-corrected chi connectivity index (χ4v) is 6.33. The fourth-order valence-electron chi connectivity index (χ4n) is 6.33. The van der Waals surface area contributed by atoms with Gasteiger partial charge in [0.2, 0.25) is 0 Å². The molecule has 53 heavy (non-hydrogen) atoms. The number of rotatable bonds is 8. The maximum absolute atomic E-state index is 12.4. The Morgan fingerprint density at radius 2 is 0.792 bits per heavy atom. The van der Waals surface area contributed by atoms with Gasteiger partial charge in [-0.2, -0.15) is 0 Å². The molecule has 0 saturated heterocycles. The van der Waals surface area contributed by atoms with Crippen molar-refractivity contribution < 1.29 is 19.1 Å². The van der Waals surface area contributed by atoms with Gasteiger partial charge < -0.3 is 9.47 Å². The summed E-state index contributed by atoms with van der Waals surface area (Å²) in [5.74, 6) is -0.757. The molecule has 8 nitrogen and oxygen atoms in total. The predicted octanol–water partition coefficient (Wildman–Crippen LogP) is 9.87. The second-order valence-electron chi connectivity index (χ2n) is 12.3. The lowest BCUT2D eigenvalue weighted by molar-refractivity contribution is 0.0525. The minimum Gasteiger partial charge on any atom is -0.465 e. The van der Waals surface area contributed by atoms with Crippen LogP contribution in [0.3, 0.4) is 0 Å². The van der Waals surface area contributed by atoms with E-state index in [0.717, 1.165) is 66.8 Å². The van der Waals surface area contributed by atoms with Gasteiger partial charge in [-0.15, -0.1) is 0 Å². The van der Waals surface area contributed by atoms with Crippen molar-refractivity contribution in [2.75, 3.05) is 13.7 Å². The number of benzene rings is 6. The van der Waals surface area contributed by atoms with Crippen molar-refractivity contribution in [2.24, 2.45) is 0 Å². The van der Waals surface area contributed by atoms with Crippen LogP contribution >= 0.6 is 0 Å². The molecule has 0 atom stereocenters. The number of carbonyl (C=O) groups is 2. The summed E-state index contributed by atoms with van der Waals surface area (Å²) in [6, 6.07) is 46.5. The van der Waals surface area contributed by atoms with Gasteiger partial charge in [-0.05, 0) is 66.6 Å². The zero-order valence-electron chi connectivity index (χ0n) is 29.0. The Morgan fingerprint density at radius 3 is 1.19 bits per heavy atom. The highest BCUT2D eigenvalue weighted by atomic mass is 16.5. The van der Waals surface area contributed by atoms with Crippen LogP contribution < -0.4 is 0 Å². The van der Waals surface area contributed by atoms with Gasteiger partial charge in [0.05, 0.1) is 69.7 Å². The molecule has 2 heterocycles. The summed E-state index contributed by atoms with van der Waals surface area (Å²) >= 11 is 0. The van der Waals surface area contributed by atoms with E-state index in [4.69, 9.17) is 29.4 Å². The maximum atomic E-state index is 12.4. The molecule has 0 radical (unpaired) electrons. The van der Waals surface area contributed by atoms with Gasteiger partial charge in [-0.3, -0.25) is 0 Å². The molecule has 8 aromatic rings. The summed E-state index contributed by atoms with van der Waals surface area (Å²) < 4.78 is 10.1. The number of ether oxygens (including phenoxy) is 2. The number of hydrogen-bond acceptors (Lipinski definition) is 8. The van der Waals surface area contributed by atoms with Crippen LogP contribution in [0.4, 0.5) is 0 Å². The van der Waals surface area contributed by atoms with E-state index in [0.29, 0.717) is 29.1 Å². The second kappa shape index (κ2) is 14.3. The Balaban J connectivity index is 1.22. The van der Waals surface area contributed by atoms with Crippen LogP contribution in [0.15, 0.2) is 146 Å². The van der Waals surface area contributed by atoms with Gasteiger partial charge in [0.25, 0.3) is 0 Å². The molecular weight excluding hydrogens is 661 g/mol. The molecule has 0 aliphatic carbocycles. The van der Waals surface area contributed by atoms with Crippen molar-refractivity contribution in [3.05, 3.63) is 157 Å². The predicted molar refractivity (Wildman–Crippen MR) is 207 cm³/mol. The maximum Gasteiger partial charge on any atom is 0.338 e. The molecule has 8 heteroatoms. The number of aromatic nitrogens is 4. The minimum absolute atomic E-state index is 0.310.